The van der Waals surface area contributed by atoms with E-state index in [2.05, 4.69) is 14.9 Å². The van der Waals surface area contributed by atoms with Crippen molar-refractivity contribution in [1.82, 2.24) is 9.97 Å². The van der Waals surface area contributed by atoms with E-state index in [4.69, 9.17) is 15.2 Å². The van der Waals surface area contributed by atoms with Gasteiger partial charge in [-0.05, 0) is 43.5 Å². The van der Waals surface area contributed by atoms with Crippen LogP contribution in [0.15, 0.2) is 24.3 Å². The molecule has 1 saturated heterocycles. The van der Waals surface area contributed by atoms with E-state index in [1.165, 1.54) is 7.11 Å². The van der Waals surface area contributed by atoms with Crippen molar-refractivity contribution in [2.45, 2.75) is 26.3 Å². The van der Waals surface area contributed by atoms with E-state index in [9.17, 15) is 4.79 Å². The number of aromatic nitrogens is 2. The molecule has 1 aliphatic heterocycles. The number of esters is 1. The van der Waals surface area contributed by atoms with E-state index in [0.717, 1.165) is 35.6 Å². The molecule has 0 radical (unpaired) electrons. The molecule has 2 N–H and O–H groups in total. The van der Waals surface area contributed by atoms with Crippen molar-refractivity contribution in [3.63, 3.8) is 0 Å². The molecule has 1 unspecified atom stereocenters. The van der Waals surface area contributed by atoms with Crippen LogP contribution >= 0.6 is 0 Å². The molecule has 138 valence electrons. The summed E-state index contributed by atoms with van der Waals surface area (Å²) in [7, 11) is 1.38. The van der Waals surface area contributed by atoms with E-state index in [-0.39, 0.29) is 18.0 Å². The zero-order valence-electron chi connectivity index (χ0n) is 15.4. The summed E-state index contributed by atoms with van der Waals surface area (Å²) in [6.45, 7) is 5.90. The normalized spacial score (nSPS) is 17.7. The topological polar surface area (TPSA) is 90.6 Å². The Labute approximate surface area is 153 Å². The first kappa shape index (κ1) is 18.1. The van der Waals surface area contributed by atoms with Crippen LogP contribution in [0.3, 0.4) is 0 Å². The Balaban J connectivity index is 2.06. The number of carbonyl (C=O) groups is 1. The standard InChI is InChI=1S/C19H24N4O3/c1-12-5-6-14(18(24)25-3)10-15(12)16-11-26-8-4-7-23(16)17-9-13(2)21-19(20)22-17/h5-6,9-10,16H,4,7-8,11H2,1-3H3,(H2,20,21,22). The summed E-state index contributed by atoms with van der Waals surface area (Å²) >= 11 is 0. The molecular formula is C19H24N4O3. The molecule has 3 rings (SSSR count). The first-order valence-electron chi connectivity index (χ1n) is 8.64. The molecule has 0 bridgehead atoms. The Hall–Kier alpha value is -2.67. The van der Waals surface area contributed by atoms with Gasteiger partial charge in [-0.3, -0.25) is 0 Å². The number of nitrogens with zero attached hydrogens (tertiary/aromatic N) is 3. The van der Waals surface area contributed by atoms with Crippen molar-refractivity contribution in [2.75, 3.05) is 37.5 Å². The van der Waals surface area contributed by atoms with Crippen molar-refractivity contribution in [3.8, 4) is 0 Å². The minimum atomic E-state index is -0.352. The lowest BCUT2D eigenvalue weighted by Gasteiger charge is -2.32. The average Bonchev–Trinajstić information content (AvgIpc) is 2.86. The third-order valence-electron chi connectivity index (χ3n) is 4.55. The van der Waals surface area contributed by atoms with Crippen LogP contribution < -0.4 is 10.6 Å². The van der Waals surface area contributed by atoms with Gasteiger partial charge < -0.3 is 20.1 Å². The summed E-state index contributed by atoms with van der Waals surface area (Å²) in [4.78, 5) is 22.7. The summed E-state index contributed by atoms with van der Waals surface area (Å²) in [5, 5.41) is 0. The quantitative estimate of drug-likeness (QED) is 0.845. The van der Waals surface area contributed by atoms with Crippen molar-refractivity contribution >= 4 is 17.7 Å². The van der Waals surface area contributed by atoms with Gasteiger partial charge in [-0.15, -0.1) is 0 Å². The molecule has 2 aromatic rings. The van der Waals surface area contributed by atoms with Gasteiger partial charge in [0.05, 0.1) is 25.3 Å². The summed E-state index contributed by atoms with van der Waals surface area (Å²) in [5.41, 5.74) is 9.30. The molecular weight excluding hydrogens is 332 g/mol. The highest BCUT2D eigenvalue weighted by Crippen LogP contribution is 2.31. The van der Waals surface area contributed by atoms with Crippen LogP contribution in [-0.4, -0.2) is 42.8 Å². The Morgan fingerprint density at radius 1 is 1.31 bits per heavy atom. The predicted octanol–water partition coefficient (Wildman–Crippen LogP) is 2.43. The SMILES string of the molecule is COC(=O)c1ccc(C)c(C2COCCCN2c2cc(C)nc(N)n2)c1. The molecule has 7 heteroatoms. The van der Waals surface area contributed by atoms with E-state index in [1.807, 2.05) is 32.0 Å². The fraction of sp³-hybridized carbons (Fsp3) is 0.421. The number of methoxy groups -OCH3 is 1. The smallest absolute Gasteiger partial charge is 0.337 e. The van der Waals surface area contributed by atoms with Crippen LogP contribution in [0.5, 0.6) is 0 Å². The molecule has 1 aromatic heterocycles. The molecule has 1 atom stereocenters. The number of nitrogen functional groups attached to an aromatic ring is 1. The van der Waals surface area contributed by atoms with E-state index >= 15 is 0 Å². The lowest BCUT2D eigenvalue weighted by molar-refractivity contribution is 0.0600. The molecule has 7 nitrogen and oxygen atoms in total. The Bertz CT molecular complexity index is 789. The van der Waals surface area contributed by atoms with Gasteiger partial charge in [0.1, 0.15) is 5.82 Å². The number of hydrogen-bond donors (Lipinski definition) is 1. The van der Waals surface area contributed by atoms with E-state index in [0.29, 0.717) is 18.8 Å². The zero-order chi connectivity index (χ0) is 18.7. The number of carbonyl (C=O) groups excluding carboxylic acids is 1. The number of aryl methyl sites for hydroxylation is 2. The van der Waals surface area contributed by atoms with Gasteiger partial charge in [0.25, 0.3) is 0 Å². The van der Waals surface area contributed by atoms with Crippen LogP contribution in [-0.2, 0) is 9.47 Å². The van der Waals surface area contributed by atoms with Gasteiger partial charge >= 0.3 is 5.97 Å². The molecule has 0 aliphatic carbocycles. The number of nitrogens with two attached hydrogens (primary N) is 1. The van der Waals surface area contributed by atoms with Crippen LogP contribution in [0.4, 0.5) is 11.8 Å². The molecule has 0 spiro atoms. The van der Waals surface area contributed by atoms with Crippen LogP contribution in [0.25, 0.3) is 0 Å². The summed E-state index contributed by atoms with van der Waals surface area (Å²) < 4.78 is 10.7. The Morgan fingerprint density at radius 2 is 2.12 bits per heavy atom. The molecule has 1 aliphatic rings. The van der Waals surface area contributed by atoms with Crippen LogP contribution in [0.2, 0.25) is 0 Å². The maximum absolute atomic E-state index is 12.0. The van der Waals surface area contributed by atoms with Crippen molar-refractivity contribution < 1.29 is 14.3 Å². The molecule has 1 fully saturated rings. The number of anilines is 2. The Morgan fingerprint density at radius 3 is 2.85 bits per heavy atom. The predicted molar refractivity (Wildman–Crippen MR) is 99.2 cm³/mol. The maximum atomic E-state index is 12.0. The number of ether oxygens (including phenoxy) is 2. The summed E-state index contributed by atoms with van der Waals surface area (Å²) in [5.74, 6) is 0.673. The van der Waals surface area contributed by atoms with Gasteiger partial charge in [0.15, 0.2) is 0 Å². The summed E-state index contributed by atoms with van der Waals surface area (Å²) in [6.07, 6.45) is 0.884. The third kappa shape index (κ3) is 3.77. The van der Waals surface area contributed by atoms with Crippen LogP contribution in [0.1, 0.15) is 39.6 Å². The zero-order valence-corrected chi connectivity index (χ0v) is 15.4. The second-order valence-electron chi connectivity index (χ2n) is 6.43. The van der Waals surface area contributed by atoms with E-state index < -0.39 is 0 Å². The molecule has 0 amide bonds. The van der Waals surface area contributed by atoms with Crippen molar-refractivity contribution in [1.29, 1.82) is 0 Å². The fourth-order valence-corrected chi connectivity index (χ4v) is 3.28. The lowest BCUT2D eigenvalue weighted by Crippen LogP contribution is -2.32. The van der Waals surface area contributed by atoms with Gasteiger partial charge in [0, 0.05) is 24.9 Å². The monoisotopic (exact) mass is 356 g/mol. The van der Waals surface area contributed by atoms with Crippen molar-refractivity contribution in [2.24, 2.45) is 0 Å². The summed E-state index contributed by atoms with van der Waals surface area (Å²) in [6, 6.07) is 7.44. The molecule has 1 aromatic carbocycles. The highest BCUT2D eigenvalue weighted by molar-refractivity contribution is 5.89. The fourth-order valence-electron chi connectivity index (χ4n) is 3.28. The lowest BCUT2D eigenvalue weighted by atomic mass is 9.97. The number of rotatable bonds is 3. The van der Waals surface area contributed by atoms with Gasteiger partial charge in [-0.1, -0.05) is 6.07 Å². The highest BCUT2D eigenvalue weighted by Gasteiger charge is 2.27. The molecule has 0 saturated carbocycles. The number of benzene rings is 1. The van der Waals surface area contributed by atoms with E-state index in [1.54, 1.807) is 6.07 Å². The second kappa shape index (κ2) is 7.70. The van der Waals surface area contributed by atoms with Gasteiger partial charge in [0.2, 0.25) is 5.95 Å². The molecule has 26 heavy (non-hydrogen) atoms. The third-order valence-corrected chi connectivity index (χ3v) is 4.55. The Kier molecular flexibility index (Phi) is 5.37. The van der Waals surface area contributed by atoms with Gasteiger partial charge in [-0.2, -0.15) is 4.98 Å². The first-order valence-corrected chi connectivity index (χ1v) is 8.64. The van der Waals surface area contributed by atoms with Crippen molar-refractivity contribution in [3.05, 3.63) is 46.6 Å². The highest BCUT2D eigenvalue weighted by atomic mass is 16.5. The largest absolute Gasteiger partial charge is 0.465 e. The maximum Gasteiger partial charge on any atom is 0.337 e. The van der Waals surface area contributed by atoms with Crippen LogP contribution in [0, 0.1) is 13.8 Å². The molecule has 2 heterocycles. The number of hydrogen-bond acceptors (Lipinski definition) is 7. The van der Waals surface area contributed by atoms with Gasteiger partial charge in [-0.25, -0.2) is 9.78 Å². The minimum Gasteiger partial charge on any atom is -0.465 e. The second-order valence-corrected chi connectivity index (χ2v) is 6.43. The minimum absolute atomic E-state index is 0.0733. The first-order chi connectivity index (χ1) is 12.5. The average molecular weight is 356 g/mol.